The lowest BCUT2D eigenvalue weighted by Crippen LogP contribution is -2.43. The summed E-state index contributed by atoms with van der Waals surface area (Å²) in [6, 6.07) is 7.87. The van der Waals surface area contributed by atoms with Crippen molar-refractivity contribution in [2.24, 2.45) is 0 Å². The van der Waals surface area contributed by atoms with E-state index in [1.807, 2.05) is 18.2 Å². The van der Waals surface area contributed by atoms with Gasteiger partial charge in [-0.3, -0.25) is 9.78 Å². The van der Waals surface area contributed by atoms with Crippen LogP contribution in [0, 0.1) is 0 Å². The molecule has 3 rings (SSSR count). The minimum Gasteiger partial charge on any atom is -0.349 e. The molecule has 0 atom stereocenters. The smallest absolute Gasteiger partial charge is 0.252 e. The number of carbonyl (C=O) groups is 1. The Morgan fingerprint density at radius 2 is 2.10 bits per heavy atom. The first kappa shape index (κ1) is 14.5. The normalized spacial score (nSPS) is 17.0. The van der Waals surface area contributed by atoms with Crippen molar-refractivity contribution in [3.8, 4) is 0 Å². The predicted octanol–water partition coefficient (Wildman–Crippen LogP) is 2.82. The fraction of sp³-hybridized carbons (Fsp3) is 0.375. The topological polar surface area (TPSA) is 45.2 Å². The first-order valence-electron chi connectivity index (χ1n) is 7.17. The molecule has 1 aromatic heterocycles. The number of rotatable bonds is 2. The molecule has 110 valence electrons. The molecule has 1 amide bonds. The molecule has 0 unspecified atom stereocenters. The molecule has 1 saturated heterocycles. The van der Waals surface area contributed by atoms with Gasteiger partial charge in [-0.05, 0) is 57.2 Å². The molecule has 0 spiro atoms. The van der Waals surface area contributed by atoms with E-state index in [-0.39, 0.29) is 11.9 Å². The molecule has 0 aliphatic carbocycles. The molecule has 1 aromatic carbocycles. The minimum atomic E-state index is -0.00458. The average Bonchev–Trinajstić information content (AvgIpc) is 2.49. The highest BCUT2D eigenvalue weighted by Crippen LogP contribution is 2.22. The number of amides is 1. The Kier molecular flexibility index (Phi) is 4.22. The van der Waals surface area contributed by atoms with E-state index in [0.717, 1.165) is 41.3 Å². The number of fused-ring (bicyclic) bond motifs is 1. The fourth-order valence-electron chi connectivity index (χ4n) is 2.73. The van der Waals surface area contributed by atoms with Gasteiger partial charge in [0.25, 0.3) is 5.91 Å². The molecule has 0 saturated carbocycles. The molecule has 2 heterocycles. The van der Waals surface area contributed by atoms with Crippen LogP contribution in [0.25, 0.3) is 10.9 Å². The van der Waals surface area contributed by atoms with Crippen molar-refractivity contribution < 1.29 is 4.79 Å². The number of hydrogen-bond acceptors (Lipinski definition) is 3. The number of nitrogens with one attached hydrogen (secondary N) is 1. The van der Waals surface area contributed by atoms with Crippen LogP contribution in [0.4, 0.5) is 0 Å². The van der Waals surface area contributed by atoms with Crippen LogP contribution >= 0.6 is 15.9 Å². The van der Waals surface area contributed by atoms with Gasteiger partial charge in [0.1, 0.15) is 0 Å². The van der Waals surface area contributed by atoms with Crippen LogP contribution in [0.5, 0.6) is 0 Å². The molecular weight excluding hydrogens is 330 g/mol. The Bertz CT molecular complexity index is 666. The number of hydrogen-bond donors (Lipinski definition) is 1. The number of carbonyl (C=O) groups excluding carboxylic acids is 1. The van der Waals surface area contributed by atoms with Crippen molar-refractivity contribution in [1.29, 1.82) is 0 Å². The van der Waals surface area contributed by atoms with Gasteiger partial charge in [0, 0.05) is 22.1 Å². The van der Waals surface area contributed by atoms with Crippen molar-refractivity contribution in [2.45, 2.75) is 18.9 Å². The zero-order valence-corrected chi connectivity index (χ0v) is 13.6. The maximum Gasteiger partial charge on any atom is 0.252 e. The number of benzene rings is 1. The van der Waals surface area contributed by atoms with Crippen molar-refractivity contribution >= 4 is 32.7 Å². The third-order valence-corrected chi connectivity index (χ3v) is 4.50. The van der Waals surface area contributed by atoms with Crippen LogP contribution in [-0.2, 0) is 0 Å². The van der Waals surface area contributed by atoms with Crippen LogP contribution < -0.4 is 5.32 Å². The third-order valence-electron chi connectivity index (χ3n) is 4.00. The van der Waals surface area contributed by atoms with Crippen molar-refractivity contribution in [3.63, 3.8) is 0 Å². The Balaban J connectivity index is 1.83. The zero-order chi connectivity index (χ0) is 14.8. The number of halogens is 1. The van der Waals surface area contributed by atoms with Gasteiger partial charge in [0.15, 0.2) is 0 Å². The van der Waals surface area contributed by atoms with Gasteiger partial charge < -0.3 is 10.2 Å². The molecule has 1 N–H and O–H groups in total. The summed E-state index contributed by atoms with van der Waals surface area (Å²) < 4.78 is 0.955. The quantitative estimate of drug-likeness (QED) is 0.908. The lowest BCUT2D eigenvalue weighted by molar-refractivity contribution is 0.0918. The lowest BCUT2D eigenvalue weighted by atomic mass is 10.0. The van der Waals surface area contributed by atoms with E-state index < -0.39 is 0 Å². The summed E-state index contributed by atoms with van der Waals surface area (Å²) in [5.41, 5.74) is 1.54. The van der Waals surface area contributed by atoms with Crippen LogP contribution in [0.2, 0.25) is 0 Å². The van der Waals surface area contributed by atoms with Gasteiger partial charge in [-0.15, -0.1) is 0 Å². The third kappa shape index (κ3) is 3.24. The van der Waals surface area contributed by atoms with Gasteiger partial charge in [-0.1, -0.05) is 15.9 Å². The van der Waals surface area contributed by atoms with Gasteiger partial charge >= 0.3 is 0 Å². The Morgan fingerprint density at radius 3 is 2.86 bits per heavy atom. The van der Waals surface area contributed by atoms with Gasteiger partial charge in [0.2, 0.25) is 0 Å². The SMILES string of the molecule is CN1CCC(NC(=O)c2ccnc3ccc(Br)cc23)CC1. The highest BCUT2D eigenvalue weighted by Gasteiger charge is 2.20. The van der Waals surface area contributed by atoms with E-state index in [9.17, 15) is 4.79 Å². The number of nitrogens with zero attached hydrogens (tertiary/aromatic N) is 2. The number of piperidine rings is 1. The fourth-order valence-corrected chi connectivity index (χ4v) is 3.09. The Hall–Kier alpha value is -1.46. The molecule has 4 nitrogen and oxygen atoms in total. The van der Waals surface area contributed by atoms with E-state index in [1.165, 1.54) is 0 Å². The van der Waals surface area contributed by atoms with Crippen molar-refractivity contribution in [3.05, 3.63) is 40.5 Å². The molecule has 1 aliphatic rings. The van der Waals surface area contributed by atoms with E-state index in [1.54, 1.807) is 12.3 Å². The maximum absolute atomic E-state index is 12.6. The van der Waals surface area contributed by atoms with Gasteiger partial charge in [-0.2, -0.15) is 0 Å². The molecule has 1 aliphatic heterocycles. The summed E-state index contributed by atoms with van der Waals surface area (Å²) >= 11 is 3.46. The molecule has 21 heavy (non-hydrogen) atoms. The summed E-state index contributed by atoms with van der Waals surface area (Å²) in [5, 5.41) is 4.05. The Morgan fingerprint density at radius 1 is 1.33 bits per heavy atom. The first-order valence-corrected chi connectivity index (χ1v) is 7.96. The van der Waals surface area contributed by atoms with Crippen LogP contribution in [-0.4, -0.2) is 42.0 Å². The first-order chi connectivity index (χ1) is 10.1. The highest BCUT2D eigenvalue weighted by atomic mass is 79.9. The molecule has 2 aromatic rings. The predicted molar refractivity (Wildman–Crippen MR) is 87.4 cm³/mol. The summed E-state index contributed by atoms with van der Waals surface area (Å²) in [7, 11) is 2.12. The number of pyridine rings is 1. The van der Waals surface area contributed by atoms with E-state index in [4.69, 9.17) is 0 Å². The van der Waals surface area contributed by atoms with Gasteiger partial charge in [-0.25, -0.2) is 0 Å². The van der Waals surface area contributed by atoms with Crippen LogP contribution in [0.1, 0.15) is 23.2 Å². The molecule has 5 heteroatoms. The maximum atomic E-state index is 12.6. The van der Waals surface area contributed by atoms with E-state index in [2.05, 4.69) is 38.2 Å². The second kappa shape index (κ2) is 6.12. The highest BCUT2D eigenvalue weighted by molar-refractivity contribution is 9.10. The molecular formula is C16H18BrN3O. The molecule has 0 radical (unpaired) electrons. The summed E-state index contributed by atoms with van der Waals surface area (Å²) in [6.07, 6.45) is 3.71. The summed E-state index contributed by atoms with van der Waals surface area (Å²) in [4.78, 5) is 19.2. The summed E-state index contributed by atoms with van der Waals surface area (Å²) in [6.45, 7) is 2.07. The lowest BCUT2D eigenvalue weighted by Gasteiger charge is -2.29. The largest absolute Gasteiger partial charge is 0.349 e. The van der Waals surface area contributed by atoms with E-state index >= 15 is 0 Å². The van der Waals surface area contributed by atoms with E-state index in [0.29, 0.717) is 5.56 Å². The monoisotopic (exact) mass is 347 g/mol. The van der Waals surface area contributed by atoms with Crippen LogP contribution in [0.3, 0.4) is 0 Å². The number of likely N-dealkylation sites (tertiary alicyclic amines) is 1. The standard InChI is InChI=1S/C16H18BrN3O/c1-20-8-5-12(6-9-20)19-16(21)13-4-7-18-15-3-2-11(17)10-14(13)15/h2-4,7,10,12H,5-6,8-9H2,1H3,(H,19,21). The second-order valence-electron chi connectivity index (χ2n) is 5.57. The van der Waals surface area contributed by atoms with Crippen molar-refractivity contribution in [1.82, 2.24) is 15.2 Å². The summed E-state index contributed by atoms with van der Waals surface area (Å²) in [5.74, 6) is -0.00458. The average molecular weight is 348 g/mol. The Labute approximate surface area is 132 Å². The van der Waals surface area contributed by atoms with Gasteiger partial charge in [0.05, 0.1) is 11.1 Å². The molecule has 1 fully saturated rings. The second-order valence-corrected chi connectivity index (χ2v) is 6.49. The number of aromatic nitrogens is 1. The van der Waals surface area contributed by atoms with Crippen LogP contribution in [0.15, 0.2) is 34.9 Å². The van der Waals surface area contributed by atoms with Crippen molar-refractivity contribution in [2.75, 3.05) is 20.1 Å². The molecule has 0 bridgehead atoms. The minimum absolute atomic E-state index is 0.00458. The zero-order valence-electron chi connectivity index (χ0n) is 12.0.